The van der Waals surface area contributed by atoms with E-state index in [-0.39, 0.29) is 0 Å². The van der Waals surface area contributed by atoms with Crippen LogP contribution in [0, 0.1) is 0 Å². The molecule has 0 spiro atoms. The highest BCUT2D eigenvalue weighted by molar-refractivity contribution is 9.10. The van der Waals surface area contributed by atoms with Gasteiger partial charge in [0.1, 0.15) is 0 Å². The SMILES string of the molecule is CNC(Cc1ccc2ccccc2c1)c1cscc1Br. The van der Waals surface area contributed by atoms with Gasteiger partial charge in [-0.25, -0.2) is 0 Å². The largest absolute Gasteiger partial charge is 0.313 e. The Balaban J connectivity index is 1.89. The predicted octanol–water partition coefficient (Wildman–Crippen LogP) is 5.17. The zero-order valence-corrected chi connectivity index (χ0v) is 13.7. The molecule has 102 valence electrons. The number of likely N-dealkylation sites (N-methyl/N-ethyl adjacent to an activating group) is 1. The molecule has 3 rings (SSSR count). The molecule has 2 aromatic carbocycles. The molecular formula is C17H16BrNS. The first-order valence-electron chi connectivity index (χ1n) is 6.64. The van der Waals surface area contributed by atoms with E-state index in [0.29, 0.717) is 6.04 Å². The summed E-state index contributed by atoms with van der Waals surface area (Å²) in [6.07, 6.45) is 0.997. The zero-order chi connectivity index (χ0) is 13.9. The van der Waals surface area contributed by atoms with Crippen LogP contribution in [0.2, 0.25) is 0 Å². The monoisotopic (exact) mass is 345 g/mol. The van der Waals surface area contributed by atoms with Crippen molar-refractivity contribution in [3.63, 3.8) is 0 Å². The van der Waals surface area contributed by atoms with Gasteiger partial charge in [-0.05, 0) is 56.7 Å². The van der Waals surface area contributed by atoms with Crippen molar-refractivity contribution in [1.82, 2.24) is 5.32 Å². The average molecular weight is 346 g/mol. The Morgan fingerprint density at radius 3 is 2.60 bits per heavy atom. The van der Waals surface area contributed by atoms with Crippen molar-refractivity contribution >= 4 is 38.0 Å². The minimum Gasteiger partial charge on any atom is -0.313 e. The van der Waals surface area contributed by atoms with Gasteiger partial charge in [0.05, 0.1) is 0 Å². The molecule has 1 atom stereocenters. The van der Waals surface area contributed by atoms with Crippen LogP contribution in [-0.2, 0) is 6.42 Å². The standard InChI is InChI=1S/C17H16BrNS/c1-19-17(15-10-20-11-16(15)18)9-12-6-7-13-4-2-3-5-14(13)8-12/h2-8,10-11,17,19H,9H2,1H3. The highest BCUT2D eigenvalue weighted by Crippen LogP contribution is 2.30. The van der Waals surface area contributed by atoms with Crippen LogP contribution in [0.1, 0.15) is 17.2 Å². The lowest BCUT2D eigenvalue weighted by molar-refractivity contribution is 0.592. The topological polar surface area (TPSA) is 12.0 Å². The van der Waals surface area contributed by atoms with Crippen molar-refractivity contribution in [1.29, 1.82) is 0 Å². The van der Waals surface area contributed by atoms with E-state index in [1.54, 1.807) is 11.3 Å². The Morgan fingerprint density at radius 1 is 1.10 bits per heavy atom. The molecule has 0 aliphatic heterocycles. The summed E-state index contributed by atoms with van der Waals surface area (Å²) in [4.78, 5) is 0. The lowest BCUT2D eigenvalue weighted by Gasteiger charge is -2.16. The third-order valence-electron chi connectivity index (χ3n) is 3.62. The molecule has 0 radical (unpaired) electrons. The molecule has 0 bridgehead atoms. The van der Waals surface area contributed by atoms with Crippen molar-refractivity contribution in [3.8, 4) is 0 Å². The first-order chi connectivity index (χ1) is 9.78. The second-order valence-electron chi connectivity index (χ2n) is 4.90. The third-order valence-corrected chi connectivity index (χ3v) is 5.37. The smallest absolute Gasteiger partial charge is 0.0377 e. The van der Waals surface area contributed by atoms with E-state index in [1.807, 2.05) is 7.05 Å². The van der Waals surface area contributed by atoms with Crippen LogP contribution in [-0.4, -0.2) is 7.05 Å². The summed E-state index contributed by atoms with van der Waals surface area (Å²) in [6, 6.07) is 15.6. The second kappa shape index (κ2) is 6.08. The van der Waals surface area contributed by atoms with Crippen LogP contribution in [0.25, 0.3) is 10.8 Å². The first kappa shape index (κ1) is 13.8. The van der Waals surface area contributed by atoms with Crippen molar-refractivity contribution in [3.05, 3.63) is 68.8 Å². The number of nitrogens with one attached hydrogen (secondary N) is 1. The lowest BCUT2D eigenvalue weighted by Crippen LogP contribution is -2.18. The van der Waals surface area contributed by atoms with Gasteiger partial charge in [0.2, 0.25) is 0 Å². The van der Waals surface area contributed by atoms with Gasteiger partial charge in [0.15, 0.2) is 0 Å². The molecule has 1 heterocycles. The predicted molar refractivity (Wildman–Crippen MR) is 91.5 cm³/mol. The van der Waals surface area contributed by atoms with Crippen LogP contribution < -0.4 is 5.32 Å². The molecule has 0 aliphatic carbocycles. The molecule has 0 amide bonds. The molecule has 0 fully saturated rings. The number of halogens is 1. The minimum atomic E-state index is 0.344. The summed E-state index contributed by atoms with van der Waals surface area (Å²) in [5, 5.41) is 10.4. The maximum atomic E-state index is 3.63. The van der Waals surface area contributed by atoms with Gasteiger partial charge in [-0.2, -0.15) is 11.3 Å². The lowest BCUT2D eigenvalue weighted by atomic mass is 9.99. The van der Waals surface area contributed by atoms with Gasteiger partial charge >= 0.3 is 0 Å². The van der Waals surface area contributed by atoms with Crippen molar-refractivity contribution in [2.24, 2.45) is 0 Å². The second-order valence-corrected chi connectivity index (χ2v) is 6.50. The van der Waals surface area contributed by atoms with Gasteiger partial charge in [0.25, 0.3) is 0 Å². The van der Waals surface area contributed by atoms with E-state index in [9.17, 15) is 0 Å². The van der Waals surface area contributed by atoms with Crippen LogP contribution in [0.5, 0.6) is 0 Å². The molecule has 3 aromatic rings. The molecule has 1 unspecified atom stereocenters. The Hall–Kier alpha value is -1.16. The average Bonchev–Trinajstić information content (AvgIpc) is 2.91. The van der Waals surface area contributed by atoms with Crippen LogP contribution in [0.15, 0.2) is 57.7 Å². The highest BCUT2D eigenvalue weighted by atomic mass is 79.9. The molecule has 0 saturated heterocycles. The number of rotatable bonds is 4. The summed E-state index contributed by atoms with van der Waals surface area (Å²) < 4.78 is 1.20. The molecule has 1 N–H and O–H groups in total. The van der Waals surface area contributed by atoms with Crippen molar-refractivity contribution < 1.29 is 0 Å². The summed E-state index contributed by atoms with van der Waals surface area (Å²) in [5.74, 6) is 0. The highest BCUT2D eigenvalue weighted by Gasteiger charge is 2.14. The first-order valence-corrected chi connectivity index (χ1v) is 8.38. The fourth-order valence-electron chi connectivity index (χ4n) is 2.51. The van der Waals surface area contributed by atoms with E-state index in [0.717, 1.165) is 6.42 Å². The summed E-state index contributed by atoms with van der Waals surface area (Å²) in [6.45, 7) is 0. The van der Waals surface area contributed by atoms with Crippen molar-refractivity contribution in [2.75, 3.05) is 7.05 Å². The third kappa shape index (κ3) is 2.80. The molecule has 0 aliphatic rings. The molecule has 3 heteroatoms. The maximum Gasteiger partial charge on any atom is 0.0377 e. The molecular weight excluding hydrogens is 330 g/mol. The van der Waals surface area contributed by atoms with Gasteiger partial charge in [-0.15, -0.1) is 0 Å². The molecule has 20 heavy (non-hydrogen) atoms. The van der Waals surface area contributed by atoms with E-state index in [4.69, 9.17) is 0 Å². The summed E-state index contributed by atoms with van der Waals surface area (Å²) >= 11 is 5.37. The van der Waals surface area contributed by atoms with Gasteiger partial charge in [-0.3, -0.25) is 0 Å². The number of hydrogen-bond donors (Lipinski definition) is 1. The number of hydrogen-bond acceptors (Lipinski definition) is 2. The Bertz CT molecular complexity index is 720. The summed E-state index contributed by atoms with van der Waals surface area (Å²) in [7, 11) is 2.02. The maximum absolute atomic E-state index is 3.63. The van der Waals surface area contributed by atoms with Gasteiger partial charge < -0.3 is 5.32 Å². The van der Waals surface area contributed by atoms with Crippen molar-refractivity contribution in [2.45, 2.75) is 12.5 Å². The Labute approximate surface area is 131 Å². The summed E-state index contributed by atoms with van der Waals surface area (Å²) in [5.41, 5.74) is 2.70. The fourth-order valence-corrected chi connectivity index (χ4v) is 4.14. The van der Waals surface area contributed by atoms with Gasteiger partial charge in [0, 0.05) is 15.9 Å². The molecule has 1 aromatic heterocycles. The Morgan fingerprint density at radius 2 is 1.90 bits per heavy atom. The van der Waals surface area contributed by atoms with Crippen LogP contribution in [0.3, 0.4) is 0 Å². The fraction of sp³-hybridized carbons (Fsp3) is 0.176. The van der Waals surface area contributed by atoms with E-state index >= 15 is 0 Å². The van der Waals surface area contributed by atoms with Gasteiger partial charge in [-0.1, -0.05) is 42.5 Å². The number of thiophene rings is 1. The molecule has 0 saturated carbocycles. The van der Waals surface area contributed by atoms with Crippen LogP contribution in [0.4, 0.5) is 0 Å². The van der Waals surface area contributed by atoms with Crippen LogP contribution >= 0.6 is 27.3 Å². The quantitative estimate of drug-likeness (QED) is 0.687. The molecule has 1 nitrogen and oxygen atoms in total. The van der Waals surface area contributed by atoms with E-state index < -0.39 is 0 Å². The number of fused-ring (bicyclic) bond motifs is 1. The normalized spacial score (nSPS) is 12.7. The zero-order valence-electron chi connectivity index (χ0n) is 11.3. The number of benzene rings is 2. The Kier molecular flexibility index (Phi) is 4.20. The minimum absolute atomic E-state index is 0.344. The van der Waals surface area contributed by atoms with E-state index in [2.05, 4.69) is 74.5 Å². The van der Waals surface area contributed by atoms with E-state index in [1.165, 1.54) is 26.4 Å².